The molecule has 0 spiro atoms. The summed E-state index contributed by atoms with van der Waals surface area (Å²) in [7, 11) is 3.73. The molecule has 1 aliphatic heterocycles. The SMILES string of the molecule is CNC(CCN1CCC(OC)CC1)c1cccc(F)c1. The van der Waals surface area contributed by atoms with E-state index in [1.165, 1.54) is 6.07 Å². The molecular formula is C16H25FN2O. The van der Waals surface area contributed by atoms with Crippen LogP contribution >= 0.6 is 0 Å². The van der Waals surface area contributed by atoms with Gasteiger partial charge in [0, 0.05) is 26.2 Å². The van der Waals surface area contributed by atoms with Crippen molar-refractivity contribution in [1.82, 2.24) is 10.2 Å². The van der Waals surface area contributed by atoms with E-state index in [-0.39, 0.29) is 11.9 Å². The molecule has 4 heteroatoms. The van der Waals surface area contributed by atoms with Crippen LogP contribution in [0.5, 0.6) is 0 Å². The number of likely N-dealkylation sites (tertiary alicyclic amines) is 1. The molecule has 1 N–H and O–H groups in total. The highest BCUT2D eigenvalue weighted by Crippen LogP contribution is 2.19. The highest BCUT2D eigenvalue weighted by molar-refractivity contribution is 5.20. The molecule has 2 rings (SSSR count). The first-order chi connectivity index (χ1) is 9.72. The van der Waals surface area contributed by atoms with Gasteiger partial charge in [0.15, 0.2) is 0 Å². The number of ether oxygens (including phenoxy) is 1. The van der Waals surface area contributed by atoms with Gasteiger partial charge in [0.2, 0.25) is 0 Å². The van der Waals surface area contributed by atoms with Gasteiger partial charge in [-0.1, -0.05) is 12.1 Å². The molecule has 0 saturated carbocycles. The summed E-state index contributed by atoms with van der Waals surface area (Å²) in [6.07, 6.45) is 3.65. The highest BCUT2D eigenvalue weighted by atomic mass is 19.1. The maximum absolute atomic E-state index is 13.3. The fourth-order valence-electron chi connectivity index (χ4n) is 2.88. The third-order valence-corrected chi connectivity index (χ3v) is 4.20. The van der Waals surface area contributed by atoms with Crippen molar-refractivity contribution >= 4 is 0 Å². The zero-order valence-corrected chi connectivity index (χ0v) is 12.4. The summed E-state index contributed by atoms with van der Waals surface area (Å²) in [5.74, 6) is -0.163. The van der Waals surface area contributed by atoms with Gasteiger partial charge in [-0.3, -0.25) is 0 Å². The zero-order valence-electron chi connectivity index (χ0n) is 12.4. The molecule has 0 amide bonds. The lowest BCUT2D eigenvalue weighted by Crippen LogP contribution is -2.38. The second kappa shape index (κ2) is 7.72. The van der Waals surface area contributed by atoms with Gasteiger partial charge in [-0.25, -0.2) is 4.39 Å². The number of rotatable bonds is 6. The van der Waals surface area contributed by atoms with Crippen LogP contribution in [0.4, 0.5) is 4.39 Å². The van der Waals surface area contributed by atoms with Crippen LogP contribution < -0.4 is 5.32 Å². The Bertz CT molecular complexity index is 405. The smallest absolute Gasteiger partial charge is 0.123 e. The van der Waals surface area contributed by atoms with Crippen LogP contribution in [0.25, 0.3) is 0 Å². The first kappa shape index (κ1) is 15.4. The van der Waals surface area contributed by atoms with Crippen molar-refractivity contribution in [2.75, 3.05) is 33.8 Å². The van der Waals surface area contributed by atoms with Gasteiger partial charge in [-0.05, 0) is 50.6 Å². The Morgan fingerprint density at radius 3 is 2.75 bits per heavy atom. The summed E-state index contributed by atoms with van der Waals surface area (Å²) in [5.41, 5.74) is 1.03. The Balaban J connectivity index is 1.82. The van der Waals surface area contributed by atoms with Crippen LogP contribution in [0.1, 0.15) is 30.9 Å². The Hall–Kier alpha value is -0.970. The van der Waals surface area contributed by atoms with Crippen LogP contribution in [0.3, 0.4) is 0 Å². The Morgan fingerprint density at radius 1 is 1.40 bits per heavy atom. The van der Waals surface area contributed by atoms with Gasteiger partial charge in [-0.2, -0.15) is 0 Å². The summed E-state index contributed by atoms with van der Waals surface area (Å²) in [6, 6.07) is 7.09. The van der Waals surface area contributed by atoms with E-state index in [1.807, 2.05) is 13.1 Å². The number of hydrogen-bond donors (Lipinski definition) is 1. The Morgan fingerprint density at radius 2 is 2.15 bits per heavy atom. The first-order valence-corrected chi connectivity index (χ1v) is 7.41. The third-order valence-electron chi connectivity index (χ3n) is 4.20. The van der Waals surface area contributed by atoms with Crippen molar-refractivity contribution in [3.8, 4) is 0 Å². The molecule has 0 aromatic heterocycles. The molecule has 1 saturated heterocycles. The zero-order chi connectivity index (χ0) is 14.4. The number of nitrogens with one attached hydrogen (secondary N) is 1. The molecule has 1 unspecified atom stereocenters. The molecule has 0 radical (unpaired) electrons. The minimum atomic E-state index is -0.163. The summed E-state index contributed by atoms with van der Waals surface area (Å²) < 4.78 is 18.7. The minimum absolute atomic E-state index is 0.163. The Labute approximate surface area is 121 Å². The molecule has 20 heavy (non-hydrogen) atoms. The van der Waals surface area contributed by atoms with Gasteiger partial charge >= 0.3 is 0 Å². The molecule has 3 nitrogen and oxygen atoms in total. The van der Waals surface area contributed by atoms with E-state index < -0.39 is 0 Å². The average molecular weight is 280 g/mol. The van der Waals surface area contributed by atoms with E-state index in [2.05, 4.69) is 10.2 Å². The van der Waals surface area contributed by atoms with Gasteiger partial charge in [0.1, 0.15) is 5.82 Å². The first-order valence-electron chi connectivity index (χ1n) is 7.41. The molecule has 1 fully saturated rings. The molecule has 0 aliphatic carbocycles. The van der Waals surface area contributed by atoms with Gasteiger partial charge in [-0.15, -0.1) is 0 Å². The number of piperidine rings is 1. The van der Waals surface area contributed by atoms with Crippen molar-refractivity contribution in [1.29, 1.82) is 0 Å². The van der Waals surface area contributed by atoms with E-state index in [1.54, 1.807) is 19.2 Å². The van der Waals surface area contributed by atoms with Crippen molar-refractivity contribution in [3.63, 3.8) is 0 Å². The Kier molecular flexibility index (Phi) is 5.95. The van der Waals surface area contributed by atoms with Crippen molar-refractivity contribution in [2.24, 2.45) is 0 Å². The fraction of sp³-hybridized carbons (Fsp3) is 0.625. The number of nitrogens with zero attached hydrogens (tertiary/aromatic N) is 1. The van der Waals surface area contributed by atoms with E-state index >= 15 is 0 Å². The van der Waals surface area contributed by atoms with E-state index in [0.717, 1.165) is 44.5 Å². The molecule has 1 aromatic rings. The van der Waals surface area contributed by atoms with Crippen LogP contribution in [0.15, 0.2) is 24.3 Å². The van der Waals surface area contributed by atoms with Crippen LogP contribution in [-0.2, 0) is 4.74 Å². The summed E-state index contributed by atoms with van der Waals surface area (Å²) in [4.78, 5) is 2.47. The summed E-state index contributed by atoms with van der Waals surface area (Å²) in [5, 5.41) is 3.29. The monoisotopic (exact) mass is 280 g/mol. The number of halogens is 1. The highest BCUT2D eigenvalue weighted by Gasteiger charge is 2.19. The lowest BCUT2D eigenvalue weighted by molar-refractivity contribution is 0.0401. The van der Waals surface area contributed by atoms with Gasteiger partial charge < -0.3 is 15.0 Å². The molecule has 0 bridgehead atoms. The molecule has 1 atom stereocenters. The predicted octanol–water partition coefficient (Wildman–Crippen LogP) is 2.59. The van der Waals surface area contributed by atoms with E-state index in [0.29, 0.717) is 6.10 Å². The molecular weight excluding hydrogens is 255 g/mol. The topological polar surface area (TPSA) is 24.5 Å². The van der Waals surface area contributed by atoms with Crippen molar-refractivity contribution in [3.05, 3.63) is 35.6 Å². The van der Waals surface area contributed by atoms with Crippen LogP contribution in [0.2, 0.25) is 0 Å². The number of methoxy groups -OCH3 is 1. The molecule has 1 aliphatic rings. The summed E-state index contributed by atoms with van der Waals surface area (Å²) >= 11 is 0. The van der Waals surface area contributed by atoms with E-state index in [4.69, 9.17) is 4.74 Å². The van der Waals surface area contributed by atoms with Crippen molar-refractivity contribution < 1.29 is 9.13 Å². The largest absolute Gasteiger partial charge is 0.381 e. The second-order valence-corrected chi connectivity index (χ2v) is 5.46. The molecule has 1 aromatic carbocycles. The van der Waals surface area contributed by atoms with E-state index in [9.17, 15) is 4.39 Å². The molecule has 1 heterocycles. The normalized spacial score (nSPS) is 19.1. The summed E-state index contributed by atoms with van der Waals surface area (Å²) in [6.45, 7) is 3.23. The lowest BCUT2D eigenvalue weighted by Gasteiger charge is -2.32. The number of hydrogen-bond acceptors (Lipinski definition) is 3. The minimum Gasteiger partial charge on any atom is -0.381 e. The van der Waals surface area contributed by atoms with Gasteiger partial charge in [0.05, 0.1) is 6.10 Å². The maximum atomic E-state index is 13.3. The van der Waals surface area contributed by atoms with Gasteiger partial charge in [0.25, 0.3) is 0 Å². The quantitative estimate of drug-likeness (QED) is 0.867. The standard InChI is InChI=1S/C16H25FN2O/c1-18-16(13-4-3-5-14(17)12-13)8-11-19-9-6-15(20-2)7-10-19/h3-5,12,15-16,18H,6-11H2,1-2H3. The van der Waals surface area contributed by atoms with Crippen LogP contribution in [-0.4, -0.2) is 44.8 Å². The molecule has 112 valence electrons. The second-order valence-electron chi connectivity index (χ2n) is 5.46. The third kappa shape index (κ3) is 4.27. The van der Waals surface area contributed by atoms with Crippen molar-refractivity contribution in [2.45, 2.75) is 31.4 Å². The number of benzene rings is 1. The maximum Gasteiger partial charge on any atom is 0.123 e. The average Bonchev–Trinajstić information content (AvgIpc) is 2.48. The lowest BCUT2D eigenvalue weighted by atomic mass is 10.0. The fourth-order valence-corrected chi connectivity index (χ4v) is 2.88. The van der Waals surface area contributed by atoms with Crippen LogP contribution in [0, 0.1) is 5.82 Å². The predicted molar refractivity (Wildman–Crippen MR) is 79.3 cm³/mol.